The van der Waals surface area contributed by atoms with Gasteiger partial charge in [0.2, 0.25) is 6.41 Å². The van der Waals surface area contributed by atoms with Crippen molar-refractivity contribution in [2.24, 2.45) is 0 Å². The van der Waals surface area contributed by atoms with E-state index in [1.165, 1.54) is 27.7 Å². The molecule has 25 heavy (non-hydrogen) atoms. The summed E-state index contributed by atoms with van der Waals surface area (Å²) in [4.78, 5) is 17.3. The highest BCUT2D eigenvalue weighted by molar-refractivity contribution is 9.10. The molecule has 0 radical (unpaired) electrons. The summed E-state index contributed by atoms with van der Waals surface area (Å²) in [5.41, 5.74) is 5.61. The highest BCUT2D eigenvalue weighted by atomic mass is 79.9. The SMILES string of the molecule is CCCN1C[C@@H](NC=O)CC2c3cc(Br)cc4[nH]c(CC)c(c34)C[C@H]21. The topological polar surface area (TPSA) is 48.1 Å². The molecule has 2 aromatic rings. The Morgan fingerprint density at radius 3 is 2.96 bits per heavy atom. The lowest BCUT2D eigenvalue weighted by atomic mass is 9.73. The third kappa shape index (κ3) is 2.81. The molecule has 3 atom stereocenters. The lowest BCUT2D eigenvalue weighted by Gasteiger charge is -2.47. The van der Waals surface area contributed by atoms with Crippen molar-refractivity contribution >= 4 is 33.2 Å². The van der Waals surface area contributed by atoms with E-state index in [9.17, 15) is 4.79 Å². The van der Waals surface area contributed by atoms with Gasteiger partial charge < -0.3 is 10.3 Å². The number of amides is 1. The maximum atomic E-state index is 11.0. The molecule has 1 aliphatic carbocycles. The van der Waals surface area contributed by atoms with Crippen molar-refractivity contribution in [3.05, 3.63) is 33.4 Å². The van der Waals surface area contributed by atoms with Crippen LogP contribution >= 0.6 is 15.9 Å². The fourth-order valence-corrected chi connectivity index (χ4v) is 5.53. The van der Waals surface area contributed by atoms with E-state index in [-0.39, 0.29) is 6.04 Å². The highest BCUT2D eigenvalue weighted by Gasteiger charge is 2.41. The number of hydrogen-bond acceptors (Lipinski definition) is 2. The van der Waals surface area contributed by atoms with Gasteiger partial charge in [0.15, 0.2) is 0 Å². The summed E-state index contributed by atoms with van der Waals surface area (Å²) >= 11 is 3.71. The first kappa shape index (κ1) is 17.1. The Kier molecular flexibility index (Phi) is 4.63. The second kappa shape index (κ2) is 6.76. The first-order valence-corrected chi connectivity index (χ1v) is 10.2. The number of carbonyl (C=O) groups excluding carboxylic acids is 1. The Balaban J connectivity index is 1.84. The number of rotatable bonds is 5. The summed E-state index contributed by atoms with van der Waals surface area (Å²) in [6, 6.07) is 5.29. The molecular weight excluding hydrogens is 378 g/mol. The van der Waals surface area contributed by atoms with Crippen LogP contribution in [0.1, 0.15) is 49.4 Å². The van der Waals surface area contributed by atoms with Crippen molar-refractivity contribution in [3.8, 4) is 0 Å². The Hall–Kier alpha value is -1.33. The van der Waals surface area contributed by atoms with Gasteiger partial charge in [0.25, 0.3) is 0 Å². The number of aromatic amines is 1. The van der Waals surface area contributed by atoms with Crippen LogP contribution in [0.2, 0.25) is 0 Å². The number of carbonyl (C=O) groups is 1. The Morgan fingerprint density at radius 1 is 1.40 bits per heavy atom. The molecule has 2 aliphatic rings. The van der Waals surface area contributed by atoms with Crippen molar-refractivity contribution in [1.29, 1.82) is 0 Å². The number of H-pyrrole nitrogens is 1. The van der Waals surface area contributed by atoms with Crippen molar-refractivity contribution < 1.29 is 4.79 Å². The van der Waals surface area contributed by atoms with Crippen LogP contribution in [-0.4, -0.2) is 41.5 Å². The Morgan fingerprint density at radius 2 is 2.24 bits per heavy atom. The molecule has 2 heterocycles. The summed E-state index contributed by atoms with van der Waals surface area (Å²) in [6.07, 6.45) is 5.20. The molecule has 4 rings (SSSR count). The van der Waals surface area contributed by atoms with Gasteiger partial charge in [-0.25, -0.2) is 0 Å². The molecule has 1 aromatic carbocycles. The van der Waals surface area contributed by atoms with Gasteiger partial charge in [-0.15, -0.1) is 0 Å². The molecule has 0 bridgehead atoms. The maximum Gasteiger partial charge on any atom is 0.207 e. The average Bonchev–Trinajstić information content (AvgIpc) is 2.94. The lowest BCUT2D eigenvalue weighted by molar-refractivity contribution is -0.110. The first-order chi connectivity index (χ1) is 12.2. The summed E-state index contributed by atoms with van der Waals surface area (Å²) in [5, 5.41) is 4.49. The number of fused-ring (bicyclic) bond motifs is 2. The zero-order valence-corrected chi connectivity index (χ0v) is 16.5. The van der Waals surface area contributed by atoms with E-state index >= 15 is 0 Å². The molecule has 0 saturated carbocycles. The molecule has 1 aromatic heterocycles. The van der Waals surface area contributed by atoms with Crippen molar-refractivity contribution in [2.45, 2.75) is 57.5 Å². The lowest BCUT2D eigenvalue weighted by Crippen LogP contribution is -2.55. The molecule has 1 aliphatic heterocycles. The van der Waals surface area contributed by atoms with Gasteiger partial charge in [0, 0.05) is 45.6 Å². The van der Waals surface area contributed by atoms with Gasteiger partial charge in [-0.3, -0.25) is 9.69 Å². The number of benzene rings is 1. The van der Waals surface area contributed by atoms with E-state index in [1.54, 1.807) is 0 Å². The molecular formula is C20H26BrN3O. The first-order valence-electron chi connectivity index (χ1n) is 9.42. The fraction of sp³-hybridized carbons (Fsp3) is 0.550. The van der Waals surface area contributed by atoms with E-state index in [0.717, 1.165) is 49.7 Å². The van der Waals surface area contributed by atoms with Gasteiger partial charge in [-0.05, 0) is 55.5 Å². The largest absolute Gasteiger partial charge is 0.358 e. The third-order valence-corrected chi connectivity index (χ3v) is 6.45. The van der Waals surface area contributed by atoms with Gasteiger partial charge in [0.1, 0.15) is 0 Å². The molecule has 134 valence electrons. The van der Waals surface area contributed by atoms with Crippen LogP contribution in [0.5, 0.6) is 0 Å². The molecule has 2 N–H and O–H groups in total. The number of aromatic nitrogens is 1. The fourth-order valence-electron chi connectivity index (χ4n) is 5.06. The zero-order chi connectivity index (χ0) is 17.6. The van der Waals surface area contributed by atoms with Crippen LogP contribution in [0.15, 0.2) is 16.6 Å². The maximum absolute atomic E-state index is 11.0. The highest BCUT2D eigenvalue weighted by Crippen LogP contribution is 2.45. The number of nitrogens with one attached hydrogen (secondary N) is 2. The minimum Gasteiger partial charge on any atom is -0.358 e. The van der Waals surface area contributed by atoms with E-state index in [4.69, 9.17) is 0 Å². The second-order valence-corrected chi connectivity index (χ2v) is 8.36. The van der Waals surface area contributed by atoms with Gasteiger partial charge >= 0.3 is 0 Å². The molecule has 0 spiro atoms. The predicted octanol–water partition coefficient (Wildman–Crippen LogP) is 3.73. The van der Waals surface area contributed by atoms with Crippen LogP contribution in [-0.2, 0) is 17.6 Å². The monoisotopic (exact) mass is 403 g/mol. The number of halogens is 1. The van der Waals surface area contributed by atoms with Crippen LogP contribution in [0.25, 0.3) is 10.9 Å². The number of nitrogens with zero attached hydrogens (tertiary/aromatic N) is 1. The molecule has 1 amide bonds. The summed E-state index contributed by atoms with van der Waals surface area (Å²) in [6.45, 7) is 6.53. The van der Waals surface area contributed by atoms with E-state index < -0.39 is 0 Å². The zero-order valence-electron chi connectivity index (χ0n) is 14.9. The van der Waals surface area contributed by atoms with Crippen LogP contribution in [0, 0.1) is 0 Å². The quantitative estimate of drug-likeness (QED) is 0.747. The van der Waals surface area contributed by atoms with E-state index in [2.05, 4.69) is 57.1 Å². The minimum atomic E-state index is 0.241. The number of piperidine rings is 1. The van der Waals surface area contributed by atoms with Gasteiger partial charge in [-0.2, -0.15) is 0 Å². The number of likely N-dealkylation sites (tertiary alicyclic amines) is 1. The number of aryl methyl sites for hydroxylation is 1. The van der Waals surface area contributed by atoms with Crippen molar-refractivity contribution in [1.82, 2.24) is 15.2 Å². The Labute approximate surface area is 157 Å². The van der Waals surface area contributed by atoms with Crippen LogP contribution in [0.3, 0.4) is 0 Å². The van der Waals surface area contributed by atoms with E-state index in [1.807, 2.05) is 0 Å². The molecule has 1 saturated heterocycles. The molecule has 1 unspecified atom stereocenters. The van der Waals surface area contributed by atoms with Gasteiger partial charge in [0.05, 0.1) is 0 Å². The van der Waals surface area contributed by atoms with E-state index in [0.29, 0.717) is 12.0 Å². The van der Waals surface area contributed by atoms with Gasteiger partial charge in [-0.1, -0.05) is 29.8 Å². The predicted molar refractivity (Wildman–Crippen MR) is 105 cm³/mol. The van der Waals surface area contributed by atoms with Crippen LogP contribution < -0.4 is 5.32 Å². The number of hydrogen-bond donors (Lipinski definition) is 2. The standard InChI is InChI=1S/C20H26BrN3O/c1-3-5-24-10-13(22-11-25)8-14-15-6-12(21)7-18-20(15)16(9-19(14)24)17(4-2)23-18/h6-7,11,13-14,19,23H,3-5,8-10H2,1-2H3,(H,22,25)/t13-,14?,19+/m0/s1. The summed E-state index contributed by atoms with van der Waals surface area (Å²) in [7, 11) is 0. The van der Waals surface area contributed by atoms with Crippen LogP contribution in [0.4, 0.5) is 0 Å². The smallest absolute Gasteiger partial charge is 0.207 e. The summed E-state index contributed by atoms with van der Waals surface area (Å²) < 4.78 is 1.14. The normalized spacial score (nSPS) is 25.8. The average molecular weight is 404 g/mol. The third-order valence-electron chi connectivity index (χ3n) is 5.99. The second-order valence-electron chi connectivity index (χ2n) is 7.44. The Bertz CT molecular complexity index is 800. The molecule has 4 nitrogen and oxygen atoms in total. The molecule has 5 heteroatoms. The van der Waals surface area contributed by atoms with Crippen molar-refractivity contribution in [3.63, 3.8) is 0 Å². The minimum absolute atomic E-state index is 0.241. The molecule has 1 fully saturated rings. The van der Waals surface area contributed by atoms with Crippen molar-refractivity contribution in [2.75, 3.05) is 13.1 Å². The summed E-state index contributed by atoms with van der Waals surface area (Å²) in [5.74, 6) is 0.478.